The fourth-order valence-electron chi connectivity index (χ4n) is 2.12. The normalized spacial score (nSPS) is 10.4. The molecule has 0 saturated carbocycles. The summed E-state index contributed by atoms with van der Waals surface area (Å²) in [4.78, 5) is 14.1. The average molecular weight is 268 g/mol. The number of para-hydroxylation sites is 1. The average Bonchev–Trinajstić information content (AvgIpc) is 2.33. The molecule has 0 aliphatic carbocycles. The third-order valence-electron chi connectivity index (χ3n) is 3.05. The molecule has 0 aliphatic rings. The van der Waals surface area contributed by atoms with Crippen LogP contribution in [0.3, 0.4) is 0 Å². The second-order valence-electron chi connectivity index (χ2n) is 4.58. The summed E-state index contributed by atoms with van der Waals surface area (Å²) >= 11 is 5.69. The van der Waals surface area contributed by atoms with Gasteiger partial charge in [0, 0.05) is 24.5 Å². The van der Waals surface area contributed by atoms with Gasteiger partial charge >= 0.3 is 0 Å². The molecule has 0 N–H and O–H groups in total. The van der Waals surface area contributed by atoms with Gasteiger partial charge in [-0.2, -0.15) is 0 Å². The van der Waals surface area contributed by atoms with Gasteiger partial charge in [-0.3, -0.25) is 4.79 Å². The zero-order valence-electron chi connectivity index (χ0n) is 11.5. The second-order valence-corrected chi connectivity index (χ2v) is 4.96. The standard InChI is InChI=1S/C15H22ClNO/c1-4-5-11-17(14(18)9-10-16)15-12(2)7-6-8-13(15)3/h6-8H,4-5,9-11H2,1-3H3. The van der Waals surface area contributed by atoms with Gasteiger partial charge < -0.3 is 4.90 Å². The van der Waals surface area contributed by atoms with Crippen LogP contribution in [0.5, 0.6) is 0 Å². The van der Waals surface area contributed by atoms with Crippen molar-refractivity contribution in [2.45, 2.75) is 40.0 Å². The van der Waals surface area contributed by atoms with Crippen LogP contribution in [0.15, 0.2) is 18.2 Å². The van der Waals surface area contributed by atoms with Crippen molar-refractivity contribution in [3.05, 3.63) is 29.3 Å². The number of halogens is 1. The molecule has 100 valence electrons. The molecule has 0 aromatic heterocycles. The van der Waals surface area contributed by atoms with E-state index < -0.39 is 0 Å². The fraction of sp³-hybridized carbons (Fsp3) is 0.533. The lowest BCUT2D eigenvalue weighted by molar-refractivity contribution is -0.118. The lowest BCUT2D eigenvalue weighted by Crippen LogP contribution is -2.33. The summed E-state index contributed by atoms with van der Waals surface area (Å²) in [5, 5.41) is 0. The first kappa shape index (κ1) is 15.0. The molecule has 0 aliphatic heterocycles. The highest BCUT2D eigenvalue weighted by Gasteiger charge is 2.18. The second kappa shape index (κ2) is 7.42. The van der Waals surface area contributed by atoms with Crippen molar-refractivity contribution in [3.63, 3.8) is 0 Å². The number of alkyl halides is 1. The Labute approximate surface area is 115 Å². The lowest BCUT2D eigenvalue weighted by atomic mass is 10.1. The summed E-state index contributed by atoms with van der Waals surface area (Å²) in [6, 6.07) is 6.13. The van der Waals surface area contributed by atoms with E-state index in [1.807, 2.05) is 11.0 Å². The number of benzene rings is 1. The van der Waals surface area contributed by atoms with Crippen LogP contribution < -0.4 is 4.90 Å². The van der Waals surface area contributed by atoms with Crippen LogP contribution in [-0.2, 0) is 4.79 Å². The number of carbonyl (C=O) groups excluding carboxylic acids is 1. The van der Waals surface area contributed by atoms with Gasteiger partial charge in [-0.05, 0) is 31.4 Å². The molecule has 1 aromatic carbocycles. The van der Waals surface area contributed by atoms with Crippen LogP contribution in [0.1, 0.15) is 37.3 Å². The van der Waals surface area contributed by atoms with Crippen LogP contribution >= 0.6 is 11.6 Å². The van der Waals surface area contributed by atoms with Gasteiger partial charge in [0.1, 0.15) is 0 Å². The van der Waals surface area contributed by atoms with Gasteiger partial charge in [-0.25, -0.2) is 0 Å². The van der Waals surface area contributed by atoms with Crippen LogP contribution in [0.25, 0.3) is 0 Å². The Morgan fingerprint density at radius 3 is 2.39 bits per heavy atom. The molecule has 1 aromatic rings. The van der Waals surface area contributed by atoms with E-state index in [0.29, 0.717) is 12.3 Å². The SMILES string of the molecule is CCCCN(C(=O)CCCl)c1c(C)cccc1C. The predicted octanol–water partition coefficient (Wildman–Crippen LogP) is 4.07. The lowest BCUT2D eigenvalue weighted by Gasteiger charge is -2.26. The Kier molecular flexibility index (Phi) is 6.20. The van der Waals surface area contributed by atoms with Crippen molar-refractivity contribution < 1.29 is 4.79 Å². The van der Waals surface area contributed by atoms with Crippen molar-refractivity contribution >= 4 is 23.2 Å². The number of carbonyl (C=O) groups is 1. The summed E-state index contributed by atoms with van der Waals surface area (Å²) in [7, 11) is 0. The predicted molar refractivity (Wildman–Crippen MR) is 78.5 cm³/mol. The molecule has 0 atom stereocenters. The molecule has 0 spiro atoms. The van der Waals surface area contributed by atoms with E-state index in [1.165, 1.54) is 0 Å². The third-order valence-corrected chi connectivity index (χ3v) is 3.24. The van der Waals surface area contributed by atoms with Crippen molar-refractivity contribution in [3.8, 4) is 0 Å². The van der Waals surface area contributed by atoms with Gasteiger partial charge in [0.05, 0.1) is 0 Å². The van der Waals surface area contributed by atoms with Gasteiger partial charge in [-0.1, -0.05) is 31.5 Å². The molecule has 2 nitrogen and oxygen atoms in total. The molecule has 0 radical (unpaired) electrons. The van der Waals surface area contributed by atoms with Gasteiger partial charge in [-0.15, -0.1) is 11.6 Å². The molecule has 0 saturated heterocycles. The quantitative estimate of drug-likeness (QED) is 0.712. The van der Waals surface area contributed by atoms with Crippen LogP contribution in [0.2, 0.25) is 0 Å². The minimum Gasteiger partial charge on any atom is -0.312 e. The summed E-state index contributed by atoms with van der Waals surface area (Å²) in [5.74, 6) is 0.502. The van der Waals surface area contributed by atoms with Crippen molar-refractivity contribution in [1.29, 1.82) is 0 Å². The van der Waals surface area contributed by atoms with Crippen molar-refractivity contribution in [2.24, 2.45) is 0 Å². The molecule has 1 amide bonds. The summed E-state index contributed by atoms with van der Waals surface area (Å²) in [6.45, 7) is 7.01. The molecule has 3 heteroatoms. The monoisotopic (exact) mass is 267 g/mol. The minimum absolute atomic E-state index is 0.121. The first-order chi connectivity index (χ1) is 8.61. The molecule has 18 heavy (non-hydrogen) atoms. The molecular formula is C15H22ClNO. The van der Waals surface area contributed by atoms with E-state index in [1.54, 1.807) is 0 Å². The van der Waals surface area contributed by atoms with Gasteiger partial charge in [0.2, 0.25) is 5.91 Å². The first-order valence-corrected chi connectivity index (χ1v) is 7.07. The third kappa shape index (κ3) is 3.74. The highest BCUT2D eigenvalue weighted by molar-refractivity contribution is 6.19. The van der Waals surface area contributed by atoms with E-state index in [0.717, 1.165) is 36.2 Å². The fourth-order valence-corrected chi connectivity index (χ4v) is 2.29. The number of rotatable bonds is 6. The molecule has 0 fully saturated rings. The van der Waals surface area contributed by atoms with E-state index in [4.69, 9.17) is 11.6 Å². The van der Waals surface area contributed by atoms with Crippen LogP contribution in [0, 0.1) is 13.8 Å². The number of nitrogens with zero attached hydrogens (tertiary/aromatic N) is 1. The van der Waals surface area contributed by atoms with Crippen LogP contribution in [0.4, 0.5) is 5.69 Å². The Morgan fingerprint density at radius 1 is 1.28 bits per heavy atom. The zero-order chi connectivity index (χ0) is 13.5. The molecule has 0 unspecified atom stereocenters. The van der Waals surface area contributed by atoms with Gasteiger partial charge in [0.15, 0.2) is 0 Å². The van der Waals surface area contributed by atoms with E-state index in [2.05, 4.69) is 32.9 Å². The number of aryl methyl sites for hydroxylation is 2. The number of unbranched alkanes of at least 4 members (excludes halogenated alkanes) is 1. The maximum Gasteiger partial charge on any atom is 0.228 e. The Morgan fingerprint density at radius 2 is 1.89 bits per heavy atom. The largest absolute Gasteiger partial charge is 0.312 e. The number of amides is 1. The van der Waals surface area contributed by atoms with E-state index >= 15 is 0 Å². The smallest absolute Gasteiger partial charge is 0.228 e. The molecular weight excluding hydrogens is 246 g/mol. The van der Waals surface area contributed by atoms with Gasteiger partial charge in [0.25, 0.3) is 0 Å². The number of hydrogen-bond acceptors (Lipinski definition) is 1. The first-order valence-electron chi connectivity index (χ1n) is 6.54. The Hall–Kier alpha value is -1.02. The zero-order valence-corrected chi connectivity index (χ0v) is 12.3. The van der Waals surface area contributed by atoms with E-state index in [9.17, 15) is 4.79 Å². The van der Waals surface area contributed by atoms with E-state index in [-0.39, 0.29) is 5.91 Å². The topological polar surface area (TPSA) is 20.3 Å². The van der Waals surface area contributed by atoms with Crippen molar-refractivity contribution in [1.82, 2.24) is 0 Å². The summed E-state index contributed by atoms with van der Waals surface area (Å²) in [5.41, 5.74) is 3.35. The van der Waals surface area contributed by atoms with Crippen molar-refractivity contribution in [2.75, 3.05) is 17.3 Å². The maximum absolute atomic E-state index is 12.2. The maximum atomic E-state index is 12.2. The summed E-state index contributed by atoms with van der Waals surface area (Å²) in [6.07, 6.45) is 2.50. The minimum atomic E-state index is 0.121. The highest BCUT2D eigenvalue weighted by Crippen LogP contribution is 2.25. The van der Waals surface area contributed by atoms with Crippen LogP contribution in [-0.4, -0.2) is 18.3 Å². The number of hydrogen-bond donors (Lipinski definition) is 0. The molecule has 0 heterocycles. The highest BCUT2D eigenvalue weighted by atomic mass is 35.5. The Bertz CT molecular complexity index is 383. The molecule has 0 bridgehead atoms. The Balaban J connectivity index is 3.04. The summed E-state index contributed by atoms with van der Waals surface area (Å²) < 4.78 is 0. The number of anilines is 1. The molecule has 1 rings (SSSR count).